The number of allylic oxidation sites excluding steroid dienone is 2. The number of aliphatic hydroxyl groups excluding tert-OH is 2. The van der Waals surface area contributed by atoms with Crippen molar-refractivity contribution in [3.05, 3.63) is 58.1 Å². The summed E-state index contributed by atoms with van der Waals surface area (Å²) in [4.78, 5) is 52.5. The Balaban J connectivity index is 2.27. The minimum atomic E-state index is -1.40. The smallest absolute Gasteiger partial charge is 0.306 e. The first kappa shape index (κ1) is 33.1. The number of methoxy groups -OCH3 is 6. The van der Waals surface area contributed by atoms with Gasteiger partial charge < -0.3 is 48.8 Å². The van der Waals surface area contributed by atoms with E-state index in [4.69, 9.17) is 28.4 Å². The fraction of sp³-hybridized carbons (Fsp3) is 0.333. The highest BCUT2D eigenvalue weighted by Crippen LogP contribution is 2.47. The van der Waals surface area contributed by atoms with Crippen LogP contribution in [0.1, 0.15) is 35.8 Å². The molecule has 2 aromatic rings. The van der Waals surface area contributed by atoms with E-state index in [-0.39, 0.29) is 34.1 Å². The molecular weight excluding hydrogens is 584 g/mol. The number of esters is 2. The van der Waals surface area contributed by atoms with Crippen LogP contribution in [0.2, 0.25) is 0 Å². The molecule has 0 amide bonds. The number of aromatic hydroxyl groups is 2. The molecule has 2 aromatic carbocycles. The van der Waals surface area contributed by atoms with Gasteiger partial charge in [-0.05, 0) is 35.4 Å². The van der Waals surface area contributed by atoms with Gasteiger partial charge in [0.2, 0.25) is 23.1 Å². The second-order valence-corrected chi connectivity index (χ2v) is 9.40. The predicted octanol–water partition coefficient (Wildman–Crippen LogP) is 2.90. The van der Waals surface area contributed by atoms with Crippen molar-refractivity contribution in [1.29, 1.82) is 0 Å². The van der Waals surface area contributed by atoms with Crippen molar-refractivity contribution in [3.8, 4) is 34.5 Å². The molecule has 0 heterocycles. The van der Waals surface area contributed by atoms with E-state index in [1.54, 1.807) is 0 Å². The Kier molecular flexibility index (Phi) is 10.3. The van der Waals surface area contributed by atoms with Gasteiger partial charge in [-0.25, -0.2) is 0 Å². The van der Waals surface area contributed by atoms with Gasteiger partial charge >= 0.3 is 11.9 Å². The number of phenols is 2. The summed E-state index contributed by atoms with van der Waals surface area (Å²) < 4.78 is 30.2. The summed E-state index contributed by atoms with van der Waals surface area (Å²) in [5, 5.41) is 43.2. The zero-order valence-corrected chi connectivity index (χ0v) is 24.7. The second kappa shape index (κ2) is 13.7. The highest BCUT2D eigenvalue weighted by molar-refractivity contribution is 6.24. The molecule has 3 rings (SSSR count). The standard InChI is InChI=1S/C30H32O14/c1-39-17-7-13(8-18(40-2)25(17)33)15(11-21(31)43-5)23-27(35)29(37)24(30(38)28(23)36)16(12-22(32)44-6)14-9-19(41-3)26(34)20(10-14)42-4/h7-10,15-16,33-35,38H,11-12H2,1-6H3/t15-,16-/m1/s1. The van der Waals surface area contributed by atoms with Gasteiger partial charge in [-0.15, -0.1) is 0 Å². The van der Waals surface area contributed by atoms with Crippen LogP contribution in [0.15, 0.2) is 46.9 Å². The molecule has 0 unspecified atom stereocenters. The molecule has 0 aromatic heterocycles. The normalized spacial score (nSPS) is 14.6. The lowest BCUT2D eigenvalue weighted by Gasteiger charge is -2.28. The van der Waals surface area contributed by atoms with E-state index >= 15 is 0 Å². The summed E-state index contributed by atoms with van der Waals surface area (Å²) in [6.07, 6.45) is -1.18. The van der Waals surface area contributed by atoms with Crippen LogP contribution in [0.5, 0.6) is 34.5 Å². The van der Waals surface area contributed by atoms with E-state index < -0.39 is 82.3 Å². The van der Waals surface area contributed by atoms with Crippen LogP contribution in [-0.2, 0) is 28.7 Å². The average Bonchev–Trinajstić information content (AvgIpc) is 3.02. The molecule has 1 aliphatic rings. The first-order valence-electron chi connectivity index (χ1n) is 12.9. The molecule has 0 fully saturated rings. The number of Topliss-reactive ketones (excluding diaryl/α,β-unsaturated/α-hetero) is 2. The van der Waals surface area contributed by atoms with Crippen molar-refractivity contribution in [2.75, 3.05) is 42.7 Å². The lowest BCUT2D eigenvalue weighted by Crippen LogP contribution is -2.31. The van der Waals surface area contributed by atoms with Gasteiger partial charge in [-0.1, -0.05) is 0 Å². The fourth-order valence-corrected chi connectivity index (χ4v) is 4.86. The molecule has 0 saturated carbocycles. The van der Waals surface area contributed by atoms with Crippen molar-refractivity contribution in [1.82, 2.24) is 0 Å². The highest BCUT2D eigenvalue weighted by atomic mass is 16.5. The van der Waals surface area contributed by atoms with E-state index in [1.807, 2.05) is 0 Å². The molecule has 14 nitrogen and oxygen atoms in total. The average molecular weight is 617 g/mol. The Labute approximate surface area is 251 Å². The van der Waals surface area contributed by atoms with Gasteiger partial charge in [0.25, 0.3) is 0 Å². The molecule has 236 valence electrons. The van der Waals surface area contributed by atoms with Crippen LogP contribution < -0.4 is 18.9 Å². The number of benzene rings is 2. The Bertz CT molecular complexity index is 1390. The first-order chi connectivity index (χ1) is 20.9. The number of rotatable bonds is 12. The van der Waals surface area contributed by atoms with Crippen molar-refractivity contribution in [2.45, 2.75) is 24.7 Å². The zero-order valence-electron chi connectivity index (χ0n) is 24.7. The van der Waals surface area contributed by atoms with E-state index in [9.17, 15) is 39.6 Å². The molecule has 4 N–H and O–H groups in total. The van der Waals surface area contributed by atoms with E-state index in [2.05, 4.69) is 0 Å². The fourth-order valence-electron chi connectivity index (χ4n) is 4.86. The minimum absolute atomic E-state index is 0.0833. The number of hydrogen-bond donors (Lipinski definition) is 4. The van der Waals surface area contributed by atoms with Crippen molar-refractivity contribution >= 4 is 23.5 Å². The number of aliphatic hydroxyl groups is 2. The molecule has 0 spiro atoms. The molecule has 2 atom stereocenters. The largest absolute Gasteiger partial charge is 0.504 e. The Hall–Kier alpha value is -5.40. The van der Waals surface area contributed by atoms with Crippen molar-refractivity contribution in [2.24, 2.45) is 0 Å². The lowest BCUT2D eigenvalue weighted by molar-refractivity contribution is -0.142. The maximum Gasteiger partial charge on any atom is 0.306 e. The monoisotopic (exact) mass is 616 g/mol. The number of carbonyl (C=O) groups excluding carboxylic acids is 4. The number of phenolic OH excluding ortho intramolecular Hbond substituents is 2. The number of ketones is 2. The van der Waals surface area contributed by atoms with Crippen LogP contribution in [0.25, 0.3) is 0 Å². The Morgan fingerprint density at radius 1 is 0.568 bits per heavy atom. The molecular formula is C30H32O14. The summed E-state index contributed by atoms with van der Waals surface area (Å²) in [5.74, 6) is -10.4. The first-order valence-corrected chi connectivity index (χ1v) is 12.9. The SMILES string of the molecule is COC(=O)C[C@@H](C1=C(O)C(=O)C([C@H](CC(=O)OC)c2cc(OC)c(O)c(OC)c2)=C(O)C1=O)c1cc(OC)c(O)c(OC)c1. The van der Waals surface area contributed by atoms with Gasteiger partial charge in [-0.3, -0.25) is 19.2 Å². The van der Waals surface area contributed by atoms with Crippen LogP contribution in [0.4, 0.5) is 0 Å². The topological polar surface area (TPSA) is 205 Å². The summed E-state index contributed by atoms with van der Waals surface area (Å²) in [5.41, 5.74) is -1.15. The zero-order chi connectivity index (χ0) is 32.9. The summed E-state index contributed by atoms with van der Waals surface area (Å²) in [6.45, 7) is 0. The molecule has 44 heavy (non-hydrogen) atoms. The number of ether oxygens (including phenoxy) is 6. The minimum Gasteiger partial charge on any atom is -0.504 e. The molecule has 0 bridgehead atoms. The van der Waals surface area contributed by atoms with Crippen molar-refractivity contribution in [3.63, 3.8) is 0 Å². The van der Waals surface area contributed by atoms with Crippen LogP contribution in [0.3, 0.4) is 0 Å². The van der Waals surface area contributed by atoms with Gasteiger partial charge in [0.05, 0.1) is 66.6 Å². The second-order valence-electron chi connectivity index (χ2n) is 9.40. The van der Waals surface area contributed by atoms with Gasteiger partial charge in [0.1, 0.15) is 0 Å². The molecule has 0 saturated heterocycles. The third kappa shape index (κ3) is 6.19. The Morgan fingerprint density at radius 2 is 0.841 bits per heavy atom. The third-order valence-corrected chi connectivity index (χ3v) is 7.13. The van der Waals surface area contributed by atoms with Gasteiger partial charge in [-0.2, -0.15) is 0 Å². The maximum absolute atomic E-state index is 13.8. The third-order valence-electron chi connectivity index (χ3n) is 7.13. The summed E-state index contributed by atoms with van der Waals surface area (Å²) >= 11 is 0. The molecule has 14 heteroatoms. The van der Waals surface area contributed by atoms with Gasteiger partial charge in [0, 0.05) is 11.8 Å². The Morgan fingerprint density at radius 3 is 1.07 bits per heavy atom. The van der Waals surface area contributed by atoms with Crippen LogP contribution in [0, 0.1) is 0 Å². The van der Waals surface area contributed by atoms with Gasteiger partial charge in [0.15, 0.2) is 34.5 Å². The number of carbonyl (C=O) groups is 4. The van der Waals surface area contributed by atoms with Crippen molar-refractivity contribution < 1.29 is 68.0 Å². The van der Waals surface area contributed by atoms with E-state index in [0.29, 0.717) is 0 Å². The predicted molar refractivity (Wildman–Crippen MR) is 150 cm³/mol. The van der Waals surface area contributed by atoms with Crippen LogP contribution >= 0.6 is 0 Å². The molecule has 0 radical (unpaired) electrons. The highest BCUT2D eigenvalue weighted by Gasteiger charge is 2.43. The molecule has 1 aliphatic carbocycles. The van der Waals surface area contributed by atoms with E-state index in [0.717, 1.165) is 14.2 Å². The molecule has 0 aliphatic heterocycles. The van der Waals surface area contributed by atoms with E-state index in [1.165, 1.54) is 52.7 Å². The lowest BCUT2D eigenvalue weighted by atomic mass is 9.75. The summed E-state index contributed by atoms with van der Waals surface area (Å²) in [7, 11) is 7.16. The number of hydrogen-bond acceptors (Lipinski definition) is 14. The van der Waals surface area contributed by atoms with Crippen LogP contribution in [-0.4, -0.2) is 86.6 Å². The summed E-state index contributed by atoms with van der Waals surface area (Å²) in [6, 6.07) is 5.04. The maximum atomic E-state index is 13.8. The quantitative estimate of drug-likeness (QED) is 0.200.